The number of hydrogen-bond donors (Lipinski definition) is 0. The standard InChI is InChI=1S/C17H22N4O3S/c1-13-4-6-15(7-5-13)25(22,23)21-10-8-20(9-11-21)16-12-17(24-3)19-14(2)18-16/h4-7,12H,8-11H2,1-3H3. The first-order chi connectivity index (χ1) is 11.9. The molecule has 1 aromatic heterocycles. The fourth-order valence-electron chi connectivity index (χ4n) is 2.81. The van der Waals surface area contributed by atoms with E-state index in [4.69, 9.17) is 4.74 Å². The van der Waals surface area contributed by atoms with Crippen LogP contribution < -0.4 is 9.64 Å². The van der Waals surface area contributed by atoms with Gasteiger partial charge in [-0.25, -0.2) is 13.4 Å². The summed E-state index contributed by atoms with van der Waals surface area (Å²) in [5.74, 6) is 1.90. The summed E-state index contributed by atoms with van der Waals surface area (Å²) in [6.45, 7) is 5.73. The number of hydrogen-bond acceptors (Lipinski definition) is 6. The molecular weight excluding hydrogens is 340 g/mol. The van der Waals surface area contributed by atoms with Crippen LogP contribution in [0.5, 0.6) is 5.88 Å². The first-order valence-electron chi connectivity index (χ1n) is 8.11. The fourth-order valence-corrected chi connectivity index (χ4v) is 4.23. The van der Waals surface area contributed by atoms with Gasteiger partial charge in [-0.2, -0.15) is 9.29 Å². The third-order valence-corrected chi connectivity index (χ3v) is 6.14. The number of aromatic nitrogens is 2. The summed E-state index contributed by atoms with van der Waals surface area (Å²) in [6, 6.07) is 8.74. The van der Waals surface area contributed by atoms with Crippen molar-refractivity contribution in [2.24, 2.45) is 0 Å². The zero-order chi connectivity index (χ0) is 18.0. The Balaban J connectivity index is 1.73. The van der Waals surface area contributed by atoms with Gasteiger partial charge in [0.1, 0.15) is 11.6 Å². The summed E-state index contributed by atoms with van der Waals surface area (Å²) in [6.07, 6.45) is 0. The lowest BCUT2D eigenvalue weighted by atomic mass is 10.2. The topological polar surface area (TPSA) is 75.6 Å². The van der Waals surface area contributed by atoms with Crippen molar-refractivity contribution in [1.29, 1.82) is 0 Å². The van der Waals surface area contributed by atoms with E-state index in [9.17, 15) is 8.42 Å². The van der Waals surface area contributed by atoms with E-state index < -0.39 is 10.0 Å². The molecule has 3 rings (SSSR count). The Hall–Kier alpha value is -2.19. The summed E-state index contributed by atoms with van der Waals surface area (Å²) < 4.78 is 32.2. The smallest absolute Gasteiger partial charge is 0.243 e. The molecule has 0 saturated carbocycles. The van der Waals surface area contributed by atoms with Gasteiger partial charge in [-0.1, -0.05) is 17.7 Å². The van der Waals surface area contributed by atoms with Crippen LogP contribution in [0.1, 0.15) is 11.4 Å². The summed E-state index contributed by atoms with van der Waals surface area (Å²) in [5.41, 5.74) is 1.04. The van der Waals surface area contributed by atoms with Crippen LogP contribution in [0.4, 0.5) is 5.82 Å². The van der Waals surface area contributed by atoms with Crippen molar-refractivity contribution in [2.45, 2.75) is 18.7 Å². The summed E-state index contributed by atoms with van der Waals surface area (Å²) in [4.78, 5) is 11.0. The molecule has 1 saturated heterocycles. The number of ether oxygens (including phenoxy) is 1. The average molecular weight is 362 g/mol. The van der Waals surface area contributed by atoms with Crippen molar-refractivity contribution in [3.63, 3.8) is 0 Å². The van der Waals surface area contributed by atoms with Gasteiger partial charge in [0.2, 0.25) is 15.9 Å². The number of benzene rings is 1. The largest absolute Gasteiger partial charge is 0.481 e. The molecule has 0 bridgehead atoms. The minimum Gasteiger partial charge on any atom is -0.481 e. The van der Waals surface area contributed by atoms with E-state index in [-0.39, 0.29) is 0 Å². The van der Waals surface area contributed by atoms with Crippen molar-refractivity contribution in [2.75, 3.05) is 38.2 Å². The van der Waals surface area contributed by atoms with Gasteiger partial charge in [-0.3, -0.25) is 0 Å². The minimum atomic E-state index is -3.46. The van der Waals surface area contributed by atoms with Gasteiger partial charge in [-0.05, 0) is 26.0 Å². The molecule has 1 aromatic carbocycles. The molecule has 2 aromatic rings. The summed E-state index contributed by atoms with van der Waals surface area (Å²) in [5, 5.41) is 0. The molecule has 1 aliphatic heterocycles. The zero-order valence-corrected chi connectivity index (χ0v) is 15.5. The van der Waals surface area contributed by atoms with Crippen LogP contribution in [0.15, 0.2) is 35.2 Å². The molecule has 1 fully saturated rings. The summed E-state index contributed by atoms with van der Waals surface area (Å²) >= 11 is 0. The maximum Gasteiger partial charge on any atom is 0.243 e. The lowest BCUT2D eigenvalue weighted by Gasteiger charge is -2.34. The van der Waals surface area contributed by atoms with Crippen LogP contribution in [0, 0.1) is 13.8 Å². The first-order valence-corrected chi connectivity index (χ1v) is 9.55. The van der Waals surface area contributed by atoms with Crippen LogP contribution in [0.2, 0.25) is 0 Å². The molecule has 25 heavy (non-hydrogen) atoms. The van der Waals surface area contributed by atoms with E-state index in [2.05, 4.69) is 14.9 Å². The first kappa shape index (κ1) is 17.6. The van der Waals surface area contributed by atoms with Crippen molar-refractivity contribution >= 4 is 15.8 Å². The second kappa shape index (κ2) is 6.97. The molecule has 134 valence electrons. The predicted molar refractivity (Wildman–Crippen MR) is 95.5 cm³/mol. The number of nitrogens with zero attached hydrogens (tertiary/aromatic N) is 4. The van der Waals surface area contributed by atoms with Crippen molar-refractivity contribution in [1.82, 2.24) is 14.3 Å². The molecule has 0 N–H and O–H groups in total. The second-order valence-electron chi connectivity index (χ2n) is 6.02. The monoisotopic (exact) mass is 362 g/mol. The number of piperazine rings is 1. The van der Waals surface area contributed by atoms with Crippen LogP contribution in [0.3, 0.4) is 0 Å². The van der Waals surface area contributed by atoms with Crippen molar-refractivity contribution in [3.8, 4) is 5.88 Å². The maximum atomic E-state index is 12.8. The van der Waals surface area contributed by atoms with Crippen molar-refractivity contribution < 1.29 is 13.2 Å². The van der Waals surface area contributed by atoms with Gasteiger partial charge < -0.3 is 9.64 Å². The lowest BCUT2D eigenvalue weighted by Crippen LogP contribution is -2.49. The Morgan fingerprint density at radius 1 is 1.00 bits per heavy atom. The number of sulfonamides is 1. The lowest BCUT2D eigenvalue weighted by molar-refractivity contribution is 0.380. The molecule has 0 aliphatic carbocycles. The molecule has 7 nitrogen and oxygen atoms in total. The fraction of sp³-hybridized carbons (Fsp3) is 0.412. The average Bonchev–Trinajstić information content (AvgIpc) is 2.61. The summed E-state index contributed by atoms with van der Waals surface area (Å²) in [7, 11) is -1.89. The number of anilines is 1. The number of methoxy groups -OCH3 is 1. The zero-order valence-electron chi connectivity index (χ0n) is 14.6. The van der Waals surface area contributed by atoms with Gasteiger partial charge >= 0.3 is 0 Å². The van der Waals surface area contributed by atoms with Gasteiger partial charge in [0.15, 0.2) is 0 Å². The molecule has 1 aliphatic rings. The Morgan fingerprint density at radius 3 is 2.24 bits per heavy atom. The molecule has 8 heteroatoms. The van der Waals surface area contributed by atoms with Crippen LogP contribution in [-0.2, 0) is 10.0 Å². The van der Waals surface area contributed by atoms with Gasteiger partial charge in [0.05, 0.1) is 12.0 Å². The molecule has 0 unspecified atom stereocenters. The Bertz CT molecular complexity index is 845. The van der Waals surface area contributed by atoms with Gasteiger partial charge in [0.25, 0.3) is 0 Å². The highest BCUT2D eigenvalue weighted by atomic mass is 32.2. The minimum absolute atomic E-state index is 0.339. The van der Waals surface area contributed by atoms with E-state index in [0.717, 1.165) is 11.4 Å². The quantitative estimate of drug-likeness (QED) is 0.823. The Labute approximate surface area is 148 Å². The predicted octanol–water partition coefficient (Wildman–Crippen LogP) is 1.61. The van der Waals surface area contributed by atoms with E-state index in [1.165, 1.54) is 4.31 Å². The Morgan fingerprint density at radius 2 is 1.64 bits per heavy atom. The van der Waals surface area contributed by atoms with Crippen LogP contribution in [0.25, 0.3) is 0 Å². The molecule has 0 radical (unpaired) electrons. The van der Waals surface area contributed by atoms with Gasteiger partial charge in [0, 0.05) is 32.2 Å². The normalized spacial score (nSPS) is 16.0. The van der Waals surface area contributed by atoms with Crippen molar-refractivity contribution in [3.05, 3.63) is 41.7 Å². The number of rotatable bonds is 4. The van der Waals surface area contributed by atoms with E-state index in [1.54, 1.807) is 25.3 Å². The van der Waals surface area contributed by atoms with Gasteiger partial charge in [-0.15, -0.1) is 0 Å². The van der Waals surface area contributed by atoms with E-state index in [0.29, 0.717) is 42.8 Å². The molecule has 0 amide bonds. The second-order valence-corrected chi connectivity index (χ2v) is 7.96. The van der Waals surface area contributed by atoms with E-state index >= 15 is 0 Å². The van der Waals surface area contributed by atoms with E-state index in [1.807, 2.05) is 26.0 Å². The highest BCUT2D eigenvalue weighted by Crippen LogP contribution is 2.22. The molecule has 0 spiro atoms. The maximum absolute atomic E-state index is 12.8. The SMILES string of the molecule is COc1cc(N2CCN(S(=O)(=O)c3ccc(C)cc3)CC2)nc(C)n1. The molecule has 2 heterocycles. The third kappa shape index (κ3) is 3.74. The van der Waals surface area contributed by atoms with Crippen LogP contribution in [-0.4, -0.2) is 56.0 Å². The Kier molecular flexibility index (Phi) is 4.91. The highest BCUT2D eigenvalue weighted by molar-refractivity contribution is 7.89. The number of aryl methyl sites for hydroxylation is 2. The highest BCUT2D eigenvalue weighted by Gasteiger charge is 2.29. The van der Waals surface area contributed by atoms with Crippen LogP contribution >= 0.6 is 0 Å². The molecule has 0 atom stereocenters. The third-order valence-electron chi connectivity index (χ3n) is 4.23. The molecular formula is C17H22N4O3S.